The van der Waals surface area contributed by atoms with Crippen molar-refractivity contribution in [2.24, 2.45) is 5.92 Å². The van der Waals surface area contributed by atoms with Crippen LogP contribution in [0.15, 0.2) is 122 Å². The average Bonchev–Trinajstić information content (AvgIpc) is 3.05. The van der Waals surface area contributed by atoms with Crippen LogP contribution < -0.4 is 15.4 Å². The van der Waals surface area contributed by atoms with Gasteiger partial charge in [0.1, 0.15) is 11.8 Å². The highest BCUT2D eigenvalue weighted by Crippen LogP contribution is 2.22. The number of ether oxygens (including phenoxy) is 1. The summed E-state index contributed by atoms with van der Waals surface area (Å²) in [5, 5.41) is 16.0. The highest BCUT2D eigenvalue weighted by atomic mass is 16.5. The second-order valence-corrected chi connectivity index (χ2v) is 10.5. The van der Waals surface area contributed by atoms with Crippen molar-refractivity contribution in [3.8, 4) is 5.75 Å². The zero-order chi connectivity index (χ0) is 31.1. The molecule has 226 valence electrons. The molecule has 0 aliphatic heterocycles. The van der Waals surface area contributed by atoms with Gasteiger partial charge < -0.3 is 20.5 Å². The first-order valence-electron chi connectivity index (χ1n) is 14.8. The van der Waals surface area contributed by atoms with Crippen molar-refractivity contribution in [3.63, 3.8) is 0 Å². The summed E-state index contributed by atoms with van der Waals surface area (Å²) in [5.74, 6) is -0.694. The summed E-state index contributed by atoms with van der Waals surface area (Å²) in [6.07, 6.45) is 3.91. The summed E-state index contributed by atoms with van der Waals surface area (Å²) < 4.78 is 5.84. The Morgan fingerprint density at radius 2 is 1.43 bits per heavy atom. The lowest BCUT2D eigenvalue weighted by Gasteiger charge is -2.18. The van der Waals surface area contributed by atoms with Crippen LogP contribution in [0.25, 0.3) is 0 Å². The maximum absolute atomic E-state index is 13.1. The van der Waals surface area contributed by atoms with E-state index in [-0.39, 0.29) is 24.0 Å². The maximum Gasteiger partial charge on any atom is 0.326 e. The van der Waals surface area contributed by atoms with Gasteiger partial charge in [0.15, 0.2) is 5.78 Å². The van der Waals surface area contributed by atoms with E-state index in [9.17, 15) is 19.5 Å². The number of para-hydroxylation sites is 1. The van der Waals surface area contributed by atoms with Crippen molar-refractivity contribution >= 4 is 23.3 Å². The van der Waals surface area contributed by atoms with Gasteiger partial charge in [0.25, 0.3) is 0 Å². The number of carboxylic acids is 1. The summed E-state index contributed by atoms with van der Waals surface area (Å²) in [4.78, 5) is 37.9. The number of ketones is 1. The van der Waals surface area contributed by atoms with Crippen molar-refractivity contribution in [2.75, 3.05) is 18.5 Å². The Morgan fingerprint density at radius 3 is 2.11 bits per heavy atom. The lowest BCUT2D eigenvalue weighted by molar-refractivity contribution is -0.137. The molecule has 4 aromatic carbocycles. The van der Waals surface area contributed by atoms with E-state index < -0.39 is 12.0 Å². The third kappa shape index (κ3) is 9.42. The van der Waals surface area contributed by atoms with Crippen molar-refractivity contribution in [2.45, 2.75) is 31.7 Å². The van der Waals surface area contributed by atoms with Crippen LogP contribution in [0.1, 0.15) is 39.9 Å². The van der Waals surface area contributed by atoms with Crippen LogP contribution in [0.4, 0.5) is 5.69 Å². The molecule has 1 amide bonds. The van der Waals surface area contributed by atoms with Gasteiger partial charge in [-0.1, -0.05) is 91.0 Å². The number of hydrogen-bond acceptors (Lipinski definition) is 5. The normalized spacial score (nSPS) is 12.0. The van der Waals surface area contributed by atoms with Crippen LogP contribution in [-0.4, -0.2) is 42.0 Å². The average molecular weight is 591 g/mol. The minimum Gasteiger partial charge on any atom is -0.494 e. The monoisotopic (exact) mass is 590 g/mol. The summed E-state index contributed by atoms with van der Waals surface area (Å²) in [7, 11) is 0. The number of rotatable bonds is 17. The predicted octanol–water partition coefficient (Wildman–Crippen LogP) is 6.35. The van der Waals surface area contributed by atoms with E-state index in [4.69, 9.17) is 4.74 Å². The zero-order valence-corrected chi connectivity index (χ0v) is 24.7. The van der Waals surface area contributed by atoms with E-state index in [1.165, 1.54) is 0 Å². The van der Waals surface area contributed by atoms with E-state index >= 15 is 0 Å². The molecular weight excluding hydrogens is 552 g/mol. The summed E-state index contributed by atoms with van der Waals surface area (Å²) in [6.45, 7) is 4.72. The topological polar surface area (TPSA) is 105 Å². The first kappa shape index (κ1) is 31.8. The molecule has 0 aliphatic rings. The number of nitrogens with one attached hydrogen (secondary N) is 2. The molecule has 0 heterocycles. The van der Waals surface area contributed by atoms with E-state index in [1.807, 2.05) is 48.5 Å². The minimum absolute atomic E-state index is 0.00625. The lowest BCUT2D eigenvalue weighted by atomic mass is 9.95. The summed E-state index contributed by atoms with van der Waals surface area (Å²) in [5.41, 5.74) is 3.35. The van der Waals surface area contributed by atoms with Gasteiger partial charge in [-0.15, -0.1) is 6.58 Å². The Bertz CT molecular complexity index is 1520. The van der Waals surface area contributed by atoms with Gasteiger partial charge in [-0.05, 0) is 54.7 Å². The van der Waals surface area contributed by atoms with E-state index in [0.717, 1.165) is 11.1 Å². The van der Waals surface area contributed by atoms with Crippen LogP contribution in [0.5, 0.6) is 5.75 Å². The molecule has 3 N–H and O–H groups in total. The first-order chi connectivity index (χ1) is 21.4. The number of carbonyl (C=O) groups excluding carboxylic acids is 2. The fraction of sp³-hybridized carbons (Fsp3) is 0.216. The van der Waals surface area contributed by atoms with Gasteiger partial charge in [0.05, 0.1) is 6.61 Å². The van der Waals surface area contributed by atoms with E-state index in [2.05, 4.69) is 17.2 Å². The first-order valence-corrected chi connectivity index (χ1v) is 14.8. The molecule has 4 aromatic rings. The summed E-state index contributed by atoms with van der Waals surface area (Å²) >= 11 is 0. The van der Waals surface area contributed by atoms with Gasteiger partial charge >= 0.3 is 5.97 Å². The Labute approximate surface area is 258 Å². The molecule has 7 heteroatoms. The number of hydrogen-bond donors (Lipinski definition) is 3. The van der Waals surface area contributed by atoms with Crippen molar-refractivity contribution < 1.29 is 24.2 Å². The molecule has 2 unspecified atom stereocenters. The number of carbonyl (C=O) groups is 3. The highest BCUT2D eigenvalue weighted by molar-refractivity contribution is 6.12. The predicted molar refractivity (Wildman–Crippen MR) is 173 cm³/mol. The third-order valence-corrected chi connectivity index (χ3v) is 7.23. The number of allylic oxidation sites excluding steroid dienone is 1. The fourth-order valence-electron chi connectivity index (χ4n) is 4.90. The van der Waals surface area contributed by atoms with Crippen LogP contribution in [0.2, 0.25) is 0 Å². The van der Waals surface area contributed by atoms with Crippen LogP contribution >= 0.6 is 0 Å². The number of aliphatic carboxylic acids is 1. The molecule has 0 saturated carbocycles. The maximum atomic E-state index is 13.1. The van der Waals surface area contributed by atoms with Crippen LogP contribution in [0.3, 0.4) is 0 Å². The van der Waals surface area contributed by atoms with Crippen LogP contribution in [-0.2, 0) is 22.4 Å². The molecule has 7 nitrogen and oxygen atoms in total. The largest absolute Gasteiger partial charge is 0.494 e. The molecule has 0 bridgehead atoms. The third-order valence-electron chi connectivity index (χ3n) is 7.23. The Hall–Kier alpha value is -5.17. The number of carboxylic acid groups (broad SMARTS) is 1. The second kappa shape index (κ2) is 16.5. The smallest absolute Gasteiger partial charge is 0.326 e. The SMILES string of the molecule is C=CCC(Cc1ccccc1)C(=O)NCCCOc1ccc(CC(Nc2ccccc2C(=O)c2ccccc2)C(=O)O)cc1. The molecule has 4 rings (SSSR count). The van der Waals surface area contributed by atoms with E-state index in [1.54, 1.807) is 66.7 Å². The lowest BCUT2D eigenvalue weighted by Crippen LogP contribution is -2.33. The molecule has 0 aromatic heterocycles. The number of benzene rings is 4. The Kier molecular flexibility index (Phi) is 11.9. The zero-order valence-electron chi connectivity index (χ0n) is 24.7. The standard InChI is InChI=1S/C37H38N2O5/c1-2-12-30(25-27-13-5-3-6-14-27)36(41)38-23-11-24-44-31-21-19-28(20-22-31)26-34(37(42)43)39-33-18-10-9-17-32(33)35(40)29-15-7-4-8-16-29/h2-10,13-22,30,34,39H,1,11-12,23-26H2,(H,38,41)(H,42,43). The fourth-order valence-corrected chi connectivity index (χ4v) is 4.90. The Balaban J connectivity index is 1.25. The number of anilines is 1. The van der Waals surface area contributed by atoms with Crippen molar-refractivity contribution in [3.05, 3.63) is 144 Å². The van der Waals surface area contributed by atoms with E-state index in [0.29, 0.717) is 55.0 Å². The minimum atomic E-state index is -1.02. The quantitative estimate of drug-likeness (QED) is 0.0753. The van der Waals surface area contributed by atoms with Crippen LogP contribution in [0, 0.1) is 5.92 Å². The Morgan fingerprint density at radius 1 is 0.795 bits per heavy atom. The highest BCUT2D eigenvalue weighted by Gasteiger charge is 2.21. The van der Waals surface area contributed by atoms with Gasteiger partial charge in [-0.25, -0.2) is 4.79 Å². The number of amides is 1. The molecule has 0 spiro atoms. The van der Waals surface area contributed by atoms with Gasteiger partial charge in [-0.2, -0.15) is 0 Å². The van der Waals surface area contributed by atoms with Gasteiger partial charge in [0.2, 0.25) is 5.91 Å². The summed E-state index contributed by atoms with van der Waals surface area (Å²) in [6, 6.07) is 32.1. The van der Waals surface area contributed by atoms with Gasteiger partial charge in [0, 0.05) is 35.7 Å². The molecule has 0 aliphatic carbocycles. The second-order valence-electron chi connectivity index (χ2n) is 10.5. The van der Waals surface area contributed by atoms with Gasteiger partial charge in [-0.3, -0.25) is 9.59 Å². The molecular formula is C37H38N2O5. The molecule has 0 fully saturated rings. The molecule has 2 atom stereocenters. The van der Waals surface area contributed by atoms with Crippen molar-refractivity contribution in [1.29, 1.82) is 0 Å². The molecule has 44 heavy (non-hydrogen) atoms. The molecule has 0 radical (unpaired) electrons. The van der Waals surface area contributed by atoms with Crippen molar-refractivity contribution in [1.82, 2.24) is 5.32 Å². The molecule has 0 saturated heterocycles.